The Balaban J connectivity index is 1.62. The van der Waals surface area contributed by atoms with Crippen LogP contribution in [0.25, 0.3) is 0 Å². The van der Waals surface area contributed by atoms with Gasteiger partial charge >= 0.3 is 5.97 Å². The normalized spacial score (nSPS) is 19.6. The zero-order valence-electron chi connectivity index (χ0n) is 20.2. The topological polar surface area (TPSA) is 79.6 Å². The highest BCUT2D eigenvalue weighted by atomic mass is 35.5. The lowest BCUT2D eigenvalue weighted by molar-refractivity contribution is -0.142. The van der Waals surface area contributed by atoms with E-state index < -0.39 is 12.0 Å². The van der Waals surface area contributed by atoms with Crippen LogP contribution in [0.3, 0.4) is 0 Å². The third kappa shape index (κ3) is 5.96. The highest BCUT2D eigenvalue weighted by Crippen LogP contribution is 2.40. The number of carboxylic acid groups (broad SMARTS) is 1. The number of pyridine rings is 1. The average molecular weight is 491 g/mol. The fourth-order valence-corrected chi connectivity index (χ4v) is 5.61. The summed E-state index contributed by atoms with van der Waals surface area (Å²) in [6.07, 6.45) is 5.51. The van der Waals surface area contributed by atoms with Crippen LogP contribution in [0.4, 0.5) is 0 Å². The first kappa shape index (κ1) is 25.1. The van der Waals surface area contributed by atoms with E-state index in [4.69, 9.17) is 11.6 Å². The fourth-order valence-electron chi connectivity index (χ4n) is 5.38. The number of benzene rings is 2. The summed E-state index contributed by atoms with van der Waals surface area (Å²) in [5, 5.41) is 13.5. The first-order valence-corrected chi connectivity index (χ1v) is 12.6. The molecule has 0 saturated heterocycles. The average Bonchev–Trinajstić information content (AvgIpc) is 2.86. The zero-order chi connectivity index (χ0) is 24.9. The van der Waals surface area contributed by atoms with Crippen LogP contribution in [0.2, 0.25) is 5.02 Å². The summed E-state index contributed by atoms with van der Waals surface area (Å²) in [5.41, 5.74) is 6.31. The summed E-state index contributed by atoms with van der Waals surface area (Å²) in [7, 11) is 0. The molecule has 6 heteroatoms. The van der Waals surface area contributed by atoms with Crippen molar-refractivity contribution in [1.29, 1.82) is 0 Å². The number of hydrogen-bond acceptors (Lipinski definition) is 4. The van der Waals surface area contributed by atoms with E-state index in [0.29, 0.717) is 17.4 Å². The maximum absolute atomic E-state index is 12.0. The molecule has 3 aromatic rings. The molecule has 1 fully saturated rings. The van der Waals surface area contributed by atoms with Gasteiger partial charge in [0.15, 0.2) is 0 Å². The molecule has 0 amide bonds. The molecule has 2 unspecified atom stereocenters. The number of aryl methyl sites for hydroxylation is 2. The van der Waals surface area contributed by atoms with Crippen molar-refractivity contribution >= 4 is 17.6 Å². The molecule has 0 bridgehead atoms. The van der Waals surface area contributed by atoms with Gasteiger partial charge in [0.2, 0.25) is 0 Å². The van der Waals surface area contributed by atoms with Crippen molar-refractivity contribution in [2.75, 3.05) is 0 Å². The van der Waals surface area contributed by atoms with Crippen molar-refractivity contribution < 1.29 is 9.90 Å². The Hall–Kier alpha value is -3.05. The van der Waals surface area contributed by atoms with Gasteiger partial charge in [-0.2, -0.15) is 4.91 Å². The Kier molecular flexibility index (Phi) is 7.97. The van der Waals surface area contributed by atoms with E-state index in [-0.39, 0.29) is 11.8 Å². The number of aliphatic carboxylic acids is 1. The Morgan fingerprint density at radius 2 is 1.74 bits per heavy atom. The molecule has 5 nitrogen and oxygen atoms in total. The molecule has 1 aliphatic rings. The first-order chi connectivity index (χ1) is 16.9. The van der Waals surface area contributed by atoms with Crippen LogP contribution in [0, 0.1) is 24.7 Å². The van der Waals surface area contributed by atoms with Crippen LogP contribution in [0.5, 0.6) is 0 Å². The van der Waals surface area contributed by atoms with Crippen molar-refractivity contribution in [2.24, 2.45) is 11.1 Å². The number of halogens is 1. The van der Waals surface area contributed by atoms with Gasteiger partial charge in [0, 0.05) is 22.8 Å². The molecule has 2 aromatic carbocycles. The molecular weight excluding hydrogens is 460 g/mol. The molecule has 1 aromatic heterocycles. The summed E-state index contributed by atoms with van der Waals surface area (Å²) in [4.78, 5) is 27.5. The highest BCUT2D eigenvalue weighted by molar-refractivity contribution is 6.30. The van der Waals surface area contributed by atoms with E-state index in [9.17, 15) is 14.8 Å². The Morgan fingerprint density at radius 1 is 1.03 bits per heavy atom. The van der Waals surface area contributed by atoms with Crippen LogP contribution in [0.15, 0.2) is 66.0 Å². The largest absolute Gasteiger partial charge is 0.481 e. The van der Waals surface area contributed by atoms with Gasteiger partial charge in [-0.25, -0.2) is 0 Å². The summed E-state index contributed by atoms with van der Waals surface area (Å²) in [6, 6.07) is 17.8. The van der Waals surface area contributed by atoms with Gasteiger partial charge in [-0.1, -0.05) is 47.1 Å². The van der Waals surface area contributed by atoms with E-state index in [0.717, 1.165) is 53.6 Å². The Bertz CT molecular complexity index is 1190. The molecule has 0 radical (unpaired) electrons. The number of nitroso groups, excluding NO2 is 1. The summed E-state index contributed by atoms with van der Waals surface area (Å²) < 4.78 is 0. The second kappa shape index (κ2) is 11.1. The third-order valence-corrected chi connectivity index (χ3v) is 7.62. The van der Waals surface area contributed by atoms with Gasteiger partial charge in [-0.3, -0.25) is 9.78 Å². The number of carboxylic acids is 1. The molecule has 182 valence electrons. The van der Waals surface area contributed by atoms with Gasteiger partial charge < -0.3 is 5.11 Å². The number of rotatable bonds is 8. The number of nitrogens with zero attached hydrogens (tertiary/aromatic N) is 2. The lowest BCUT2D eigenvalue weighted by Crippen LogP contribution is -2.20. The van der Waals surface area contributed by atoms with Gasteiger partial charge in [-0.05, 0) is 104 Å². The van der Waals surface area contributed by atoms with E-state index in [2.05, 4.69) is 34.4 Å². The Labute approximate surface area is 211 Å². The highest BCUT2D eigenvalue weighted by Gasteiger charge is 2.28. The van der Waals surface area contributed by atoms with Crippen LogP contribution in [-0.2, 0) is 4.79 Å². The molecule has 0 aliphatic heterocycles. The van der Waals surface area contributed by atoms with Crippen molar-refractivity contribution in [1.82, 2.24) is 4.98 Å². The second-order valence-corrected chi connectivity index (χ2v) is 10.1. The smallest absolute Gasteiger partial charge is 0.306 e. The first-order valence-electron chi connectivity index (χ1n) is 12.2. The van der Waals surface area contributed by atoms with E-state index >= 15 is 0 Å². The van der Waals surface area contributed by atoms with Crippen LogP contribution >= 0.6 is 11.6 Å². The summed E-state index contributed by atoms with van der Waals surface area (Å²) in [6.45, 7) is 3.96. The van der Waals surface area contributed by atoms with Crippen LogP contribution < -0.4 is 0 Å². The predicted octanol–water partition coefficient (Wildman–Crippen LogP) is 7.74. The van der Waals surface area contributed by atoms with Crippen LogP contribution in [-0.4, -0.2) is 16.1 Å². The minimum absolute atomic E-state index is 0.0276. The van der Waals surface area contributed by atoms with Gasteiger partial charge in [0.1, 0.15) is 6.04 Å². The number of aromatic nitrogens is 1. The fraction of sp³-hybridized carbons (Fsp3) is 0.379. The lowest BCUT2D eigenvalue weighted by atomic mass is 9.77. The summed E-state index contributed by atoms with van der Waals surface area (Å²) >= 11 is 6.24. The maximum Gasteiger partial charge on any atom is 0.306 e. The molecule has 1 saturated carbocycles. The SMILES string of the molecule is Cc1cc(C(CC(c2ccc(C3CCC(C(=O)O)CC3)cc2)c2ccc(Cl)cc2C)N=O)ccn1. The maximum atomic E-state index is 12.0. The zero-order valence-corrected chi connectivity index (χ0v) is 20.9. The van der Waals surface area contributed by atoms with E-state index in [1.165, 1.54) is 5.56 Å². The van der Waals surface area contributed by atoms with Crippen molar-refractivity contribution in [3.8, 4) is 0 Å². The van der Waals surface area contributed by atoms with Crippen molar-refractivity contribution in [3.05, 3.63) is 104 Å². The van der Waals surface area contributed by atoms with Crippen molar-refractivity contribution in [2.45, 2.75) is 63.8 Å². The molecule has 1 aliphatic carbocycles. The van der Waals surface area contributed by atoms with E-state index in [1.54, 1.807) is 6.20 Å². The minimum atomic E-state index is -0.678. The van der Waals surface area contributed by atoms with Gasteiger partial charge in [0.05, 0.1) is 5.92 Å². The van der Waals surface area contributed by atoms with Crippen LogP contribution in [0.1, 0.15) is 83.5 Å². The molecule has 1 N–H and O–H groups in total. The molecule has 4 rings (SSSR count). The molecular formula is C29H31ClN2O3. The monoisotopic (exact) mass is 490 g/mol. The molecule has 1 heterocycles. The Morgan fingerprint density at radius 3 is 2.34 bits per heavy atom. The van der Waals surface area contributed by atoms with E-state index in [1.807, 2.05) is 44.2 Å². The summed E-state index contributed by atoms with van der Waals surface area (Å²) in [5.74, 6) is -0.533. The quantitative estimate of drug-likeness (QED) is 0.327. The van der Waals surface area contributed by atoms with Gasteiger partial charge in [0.25, 0.3) is 0 Å². The number of carbonyl (C=O) groups is 1. The molecule has 0 spiro atoms. The van der Waals surface area contributed by atoms with Gasteiger partial charge in [-0.15, -0.1) is 0 Å². The number of hydrogen-bond donors (Lipinski definition) is 1. The lowest BCUT2D eigenvalue weighted by Gasteiger charge is -2.27. The van der Waals surface area contributed by atoms with Crippen molar-refractivity contribution in [3.63, 3.8) is 0 Å². The molecule has 35 heavy (non-hydrogen) atoms. The predicted molar refractivity (Wildman–Crippen MR) is 139 cm³/mol. The third-order valence-electron chi connectivity index (χ3n) is 7.39. The molecule has 2 atom stereocenters. The second-order valence-electron chi connectivity index (χ2n) is 9.69. The standard InChI is InChI=1S/C29H31ClN2O3/c1-18-15-25(30)11-12-26(18)27(17-28(32-35)24-13-14-31-19(2)16-24)22-7-3-20(4-8-22)21-5-9-23(10-6-21)29(33)34/h3-4,7-8,11-16,21,23,27-28H,5-6,9-10,17H2,1-2H3,(H,33,34). The minimum Gasteiger partial charge on any atom is -0.481 e.